The zero-order valence-electron chi connectivity index (χ0n) is 17.6. The van der Waals surface area contributed by atoms with Crippen molar-refractivity contribution in [1.82, 2.24) is 4.98 Å². The molecular formula is C25H20F3N3O3. The number of aromatic amines is 1. The maximum Gasteiger partial charge on any atom is 0.416 e. The predicted octanol–water partition coefficient (Wildman–Crippen LogP) is 5.18. The van der Waals surface area contributed by atoms with Crippen molar-refractivity contribution in [3.63, 3.8) is 0 Å². The number of carbonyl (C=O) groups excluding carboxylic acids is 1. The highest BCUT2D eigenvalue weighted by Crippen LogP contribution is 2.34. The molecule has 4 N–H and O–H groups in total. The number of ketones is 1. The third-order valence-electron chi connectivity index (χ3n) is 5.79. The molecule has 1 heterocycles. The lowest BCUT2D eigenvalue weighted by molar-refractivity contribution is -0.138. The Morgan fingerprint density at radius 3 is 2.35 bits per heavy atom. The molecule has 9 heteroatoms. The molecule has 3 unspecified atom stereocenters. The third kappa shape index (κ3) is 4.17. The molecule has 0 spiro atoms. The van der Waals surface area contributed by atoms with Gasteiger partial charge in [0.05, 0.1) is 17.3 Å². The van der Waals surface area contributed by atoms with E-state index in [1.54, 1.807) is 6.20 Å². The lowest BCUT2D eigenvalue weighted by Crippen LogP contribution is -2.67. The SMILES string of the molecule is O=C1C(O)C(Nc2ccc(C(F)(F)F)cc2)C1Nc1c[nH]c2ccc(Oc3ccccc3)cc12. The Morgan fingerprint density at radius 2 is 1.65 bits per heavy atom. The number of H-pyrrole nitrogens is 1. The minimum Gasteiger partial charge on any atom is -0.457 e. The molecule has 1 aromatic heterocycles. The number of nitrogens with one attached hydrogen (secondary N) is 3. The van der Waals surface area contributed by atoms with Crippen molar-refractivity contribution in [2.75, 3.05) is 10.6 Å². The lowest BCUT2D eigenvalue weighted by Gasteiger charge is -2.41. The molecule has 3 atom stereocenters. The van der Waals surface area contributed by atoms with Gasteiger partial charge in [0.2, 0.25) is 0 Å². The van der Waals surface area contributed by atoms with E-state index in [9.17, 15) is 23.1 Å². The van der Waals surface area contributed by atoms with Crippen molar-refractivity contribution in [3.8, 4) is 11.5 Å². The quantitative estimate of drug-likeness (QED) is 0.314. The Morgan fingerprint density at radius 1 is 0.912 bits per heavy atom. The molecule has 1 aliphatic carbocycles. The molecule has 5 rings (SSSR count). The van der Waals surface area contributed by atoms with Gasteiger partial charge in [0.25, 0.3) is 0 Å². The monoisotopic (exact) mass is 467 g/mol. The number of hydrogen-bond donors (Lipinski definition) is 4. The standard InChI is InChI=1S/C25H20F3N3O3/c26-25(27,28)14-6-8-15(9-7-14)30-21-22(24(33)23(21)32)31-20-13-29-19-11-10-17(12-18(19)20)34-16-4-2-1-3-5-16/h1-13,21-23,29-32H. The van der Waals surface area contributed by atoms with Crippen molar-refractivity contribution in [2.45, 2.75) is 24.4 Å². The number of hydrogen-bond acceptors (Lipinski definition) is 5. The maximum absolute atomic E-state index is 12.8. The van der Waals surface area contributed by atoms with E-state index in [1.807, 2.05) is 48.5 Å². The average molecular weight is 467 g/mol. The number of benzene rings is 3. The van der Waals surface area contributed by atoms with Crippen LogP contribution in [0.5, 0.6) is 11.5 Å². The summed E-state index contributed by atoms with van der Waals surface area (Å²) in [5.74, 6) is 0.890. The number of aliphatic hydroxyl groups is 1. The molecule has 1 saturated carbocycles. The normalized spacial score (nSPS) is 20.1. The maximum atomic E-state index is 12.8. The first-order valence-electron chi connectivity index (χ1n) is 10.6. The second-order valence-corrected chi connectivity index (χ2v) is 8.04. The zero-order chi connectivity index (χ0) is 23.9. The molecule has 174 valence electrons. The molecule has 0 bridgehead atoms. The van der Waals surface area contributed by atoms with E-state index in [-0.39, 0.29) is 0 Å². The fraction of sp³-hybridized carbons (Fsp3) is 0.160. The number of alkyl halides is 3. The summed E-state index contributed by atoms with van der Waals surface area (Å²) in [6.07, 6.45) is -4.00. The van der Waals surface area contributed by atoms with Gasteiger partial charge in [0.1, 0.15) is 23.6 Å². The van der Waals surface area contributed by atoms with Gasteiger partial charge in [-0.15, -0.1) is 0 Å². The first-order chi connectivity index (χ1) is 16.3. The number of para-hydroxylation sites is 1. The molecule has 0 radical (unpaired) electrons. The number of ether oxygens (including phenoxy) is 1. The van der Waals surface area contributed by atoms with Crippen LogP contribution >= 0.6 is 0 Å². The number of rotatable bonds is 6. The molecular weight excluding hydrogens is 447 g/mol. The number of fused-ring (bicyclic) bond motifs is 1. The van der Waals surface area contributed by atoms with Crippen LogP contribution in [-0.2, 0) is 11.0 Å². The highest BCUT2D eigenvalue weighted by molar-refractivity contribution is 6.02. The second kappa shape index (κ2) is 8.42. The molecule has 0 amide bonds. The highest BCUT2D eigenvalue weighted by Gasteiger charge is 2.49. The van der Waals surface area contributed by atoms with E-state index in [2.05, 4.69) is 15.6 Å². The Balaban J connectivity index is 1.33. The summed E-state index contributed by atoms with van der Waals surface area (Å²) in [6, 6.07) is 17.8. The van der Waals surface area contributed by atoms with Gasteiger partial charge in [-0.05, 0) is 54.6 Å². The van der Waals surface area contributed by atoms with E-state index in [0.717, 1.165) is 23.0 Å². The van der Waals surface area contributed by atoms with Crippen LogP contribution < -0.4 is 15.4 Å². The van der Waals surface area contributed by atoms with Gasteiger partial charge < -0.3 is 25.5 Å². The van der Waals surface area contributed by atoms with Crippen molar-refractivity contribution in [2.24, 2.45) is 0 Å². The van der Waals surface area contributed by atoms with Crippen LogP contribution in [0.25, 0.3) is 10.9 Å². The minimum absolute atomic E-state index is 0.369. The number of anilines is 2. The van der Waals surface area contributed by atoms with Crippen LogP contribution in [0.15, 0.2) is 79.0 Å². The lowest BCUT2D eigenvalue weighted by atomic mass is 9.81. The topological polar surface area (TPSA) is 86.4 Å². The number of halogens is 3. The van der Waals surface area contributed by atoms with E-state index in [0.29, 0.717) is 22.9 Å². The van der Waals surface area contributed by atoms with Gasteiger partial charge >= 0.3 is 6.18 Å². The van der Waals surface area contributed by atoms with Crippen LogP contribution in [-0.4, -0.2) is 34.1 Å². The van der Waals surface area contributed by atoms with Crippen molar-refractivity contribution >= 4 is 28.1 Å². The van der Waals surface area contributed by atoms with Gasteiger partial charge in [0, 0.05) is 22.8 Å². The Hall–Kier alpha value is -3.98. The van der Waals surface area contributed by atoms with Crippen molar-refractivity contribution in [3.05, 3.63) is 84.6 Å². The molecule has 4 aromatic rings. The first-order valence-corrected chi connectivity index (χ1v) is 10.6. The van der Waals surface area contributed by atoms with E-state index in [4.69, 9.17) is 4.74 Å². The Bertz CT molecular complexity index is 1320. The molecule has 1 fully saturated rings. The van der Waals surface area contributed by atoms with Crippen LogP contribution in [0.3, 0.4) is 0 Å². The fourth-order valence-electron chi connectivity index (χ4n) is 3.95. The molecule has 0 aliphatic heterocycles. The largest absolute Gasteiger partial charge is 0.457 e. The molecule has 0 saturated heterocycles. The summed E-state index contributed by atoms with van der Waals surface area (Å²) in [5, 5.41) is 17.1. The number of aliphatic hydroxyl groups excluding tert-OH is 1. The van der Waals surface area contributed by atoms with Gasteiger partial charge in [-0.3, -0.25) is 4.79 Å². The van der Waals surface area contributed by atoms with Crippen molar-refractivity contribution in [1.29, 1.82) is 0 Å². The Labute approximate surface area is 192 Å². The van der Waals surface area contributed by atoms with Crippen LogP contribution in [0, 0.1) is 0 Å². The Kier molecular flexibility index (Phi) is 5.41. The molecule has 3 aromatic carbocycles. The number of aromatic nitrogens is 1. The van der Waals surface area contributed by atoms with E-state index >= 15 is 0 Å². The molecule has 1 aliphatic rings. The van der Waals surface area contributed by atoms with E-state index in [1.165, 1.54) is 12.1 Å². The summed E-state index contributed by atoms with van der Waals surface area (Å²) >= 11 is 0. The molecule has 34 heavy (non-hydrogen) atoms. The summed E-state index contributed by atoms with van der Waals surface area (Å²) < 4.78 is 44.3. The third-order valence-corrected chi connectivity index (χ3v) is 5.79. The number of Topliss-reactive ketones (excluding diaryl/α,β-unsaturated/α-hetero) is 1. The highest BCUT2D eigenvalue weighted by atomic mass is 19.4. The average Bonchev–Trinajstić information content (AvgIpc) is 3.23. The zero-order valence-corrected chi connectivity index (χ0v) is 17.6. The van der Waals surface area contributed by atoms with Gasteiger partial charge in [-0.2, -0.15) is 13.2 Å². The van der Waals surface area contributed by atoms with Gasteiger partial charge in [-0.1, -0.05) is 18.2 Å². The summed E-state index contributed by atoms with van der Waals surface area (Å²) in [7, 11) is 0. The first kappa shape index (κ1) is 21.8. The second-order valence-electron chi connectivity index (χ2n) is 8.04. The van der Waals surface area contributed by atoms with Crippen LogP contribution in [0.2, 0.25) is 0 Å². The summed E-state index contributed by atoms with van der Waals surface area (Å²) in [5.41, 5.74) is 1.06. The number of carbonyl (C=O) groups is 1. The minimum atomic E-state index is -4.44. The fourth-order valence-corrected chi connectivity index (χ4v) is 3.95. The summed E-state index contributed by atoms with van der Waals surface area (Å²) in [4.78, 5) is 15.5. The van der Waals surface area contributed by atoms with E-state index < -0.39 is 35.7 Å². The van der Waals surface area contributed by atoms with Gasteiger partial charge in [0.15, 0.2) is 5.78 Å². The van der Waals surface area contributed by atoms with Crippen molar-refractivity contribution < 1.29 is 27.8 Å². The molecule has 6 nitrogen and oxygen atoms in total. The van der Waals surface area contributed by atoms with Gasteiger partial charge in [-0.25, -0.2) is 0 Å². The van der Waals surface area contributed by atoms with Crippen LogP contribution in [0.4, 0.5) is 24.5 Å². The predicted molar refractivity (Wildman–Crippen MR) is 122 cm³/mol. The van der Waals surface area contributed by atoms with Crippen LogP contribution in [0.1, 0.15) is 5.56 Å². The smallest absolute Gasteiger partial charge is 0.416 e. The summed E-state index contributed by atoms with van der Waals surface area (Å²) in [6.45, 7) is 0.